The van der Waals surface area contributed by atoms with Gasteiger partial charge in [0.05, 0.1) is 18.9 Å². The molecular formula is C30H26N2O5. The molecule has 0 heterocycles. The minimum atomic E-state index is -0.525. The van der Waals surface area contributed by atoms with Crippen molar-refractivity contribution in [3.8, 4) is 17.2 Å². The van der Waals surface area contributed by atoms with E-state index in [2.05, 4.69) is 17.1 Å². The fourth-order valence-electron chi connectivity index (χ4n) is 3.70. The SMILES string of the molecule is C=CCc1ccccc1OCC(=O)N/N=C\c1c(OC(=O)c2ccc(OC)cc2)ccc2ccccc12. The lowest BCUT2D eigenvalue weighted by molar-refractivity contribution is -0.123. The highest BCUT2D eigenvalue weighted by Gasteiger charge is 2.14. The second-order valence-electron chi connectivity index (χ2n) is 8.00. The topological polar surface area (TPSA) is 86.2 Å². The Balaban J connectivity index is 1.49. The molecule has 0 aliphatic heterocycles. The molecule has 0 saturated carbocycles. The number of carbonyl (C=O) groups excluding carboxylic acids is 2. The molecule has 0 saturated heterocycles. The number of ether oxygens (including phenoxy) is 3. The summed E-state index contributed by atoms with van der Waals surface area (Å²) in [6.07, 6.45) is 3.87. The number of allylic oxidation sites excluding steroid dienone is 1. The van der Waals surface area contributed by atoms with Gasteiger partial charge < -0.3 is 14.2 Å². The number of fused-ring (bicyclic) bond motifs is 1. The zero-order valence-electron chi connectivity index (χ0n) is 20.3. The maximum atomic E-state index is 12.8. The minimum absolute atomic E-state index is 0.208. The van der Waals surface area contributed by atoms with E-state index in [0.29, 0.717) is 34.8 Å². The number of carbonyl (C=O) groups is 2. The van der Waals surface area contributed by atoms with Crippen molar-refractivity contribution in [2.75, 3.05) is 13.7 Å². The lowest BCUT2D eigenvalue weighted by Crippen LogP contribution is -2.25. The largest absolute Gasteiger partial charge is 0.497 e. The molecule has 0 fully saturated rings. The van der Waals surface area contributed by atoms with Crippen LogP contribution in [0.1, 0.15) is 21.5 Å². The highest BCUT2D eigenvalue weighted by molar-refractivity contribution is 6.04. The lowest BCUT2D eigenvalue weighted by atomic mass is 10.0. The van der Waals surface area contributed by atoms with E-state index in [4.69, 9.17) is 14.2 Å². The number of hydrogen-bond acceptors (Lipinski definition) is 6. The summed E-state index contributed by atoms with van der Waals surface area (Å²) in [7, 11) is 1.56. The molecule has 0 atom stereocenters. The van der Waals surface area contributed by atoms with Gasteiger partial charge in [0.1, 0.15) is 17.2 Å². The molecule has 7 nitrogen and oxygen atoms in total. The van der Waals surface area contributed by atoms with Crippen LogP contribution in [0.3, 0.4) is 0 Å². The van der Waals surface area contributed by atoms with Gasteiger partial charge in [-0.3, -0.25) is 4.79 Å². The van der Waals surface area contributed by atoms with Crippen molar-refractivity contribution in [3.63, 3.8) is 0 Å². The first kappa shape index (κ1) is 25.2. The maximum absolute atomic E-state index is 12.8. The summed E-state index contributed by atoms with van der Waals surface area (Å²) in [6, 6.07) is 25.3. The molecule has 4 aromatic carbocycles. The zero-order chi connectivity index (χ0) is 26.0. The molecule has 186 valence electrons. The van der Waals surface area contributed by atoms with Gasteiger partial charge in [0.15, 0.2) is 6.61 Å². The summed E-state index contributed by atoms with van der Waals surface area (Å²) in [5.41, 5.74) is 4.34. The molecular weight excluding hydrogens is 468 g/mol. The quantitative estimate of drug-likeness (QED) is 0.106. The molecule has 7 heteroatoms. The Bertz CT molecular complexity index is 1440. The average molecular weight is 495 g/mol. The van der Waals surface area contributed by atoms with Crippen molar-refractivity contribution in [2.45, 2.75) is 6.42 Å². The van der Waals surface area contributed by atoms with Crippen LogP contribution in [-0.4, -0.2) is 31.8 Å². The smallest absolute Gasteiger partial charge is 0.343 e. The average Bonchev–Trinajstić information content (AvgIpc) is 2.93. The molecule has 0 aromatic heterocycles. The third-order valence-electron chi connectivity index (χ3n) is 5.54. The molecule has 1 amide bonds. The number of para-hydroxylation sites is 1. The molecule has 0 aliphatic rings. The molecule has 37 heavy (non-hydrogen) atoms. The number of amides is 1. The van der Waals surface area contributed by atoms with E-state index in [1.165, 1.54) is 6.21 Å². The predicted octanol–water partition coefficient (Wildman–Crippen LogP) is 5.33. The normalized spacial score (nSPS) is 10.7. The number of hydrazone groups is 1. The molecule has 4 aromatic rings. The number of nitrogens with zero attached hydrogens (tertiary/aromatic N) is 1. The van der Waals surface area contributed by atoms with E-state index in [-0.39, 0.29) is 6.61 Å². The second kappa shape index (κ2) is 12.2. The van der Waals surface area contributed by atoms with Gasteiger partial charge in [0, 0.05) is 5.56 Å². The fourth-order valence-corrected chi connectivity index (χ4v) is 3.70. The number of methoxy groups -OCH3 is 1. The van der Waals surface area contributed by atoms with Gasteiger partial charge in [-0.05, 0) is 59.2 Å². The van der Waals surface area contributed by atoms with Crippen molar-refractivity contribution >= 4 is 28.9 Å². The van der Waals surface area contributed by atoms with E-state index in [9.17, 15) is 9.59 Å². The third kappa shape index (κ3) is 6.41. The standard InChI is InChI=1S/C30H26N2O5/c1-3-8-22-10-5-7-12-27(22)36-20-29(33)32-31-19-26-25-11-6-4-9-21(25)15-18-28(26)37-30(34)23-13-16-24(35-2)17-14-23/h3-7,9-19H,1,8,20H2,2H3,(H,32,33)/b31-19-. The molecule has 0 radical (unpaired) electrons. The molecule has 0 aliphatic carbocycles. The summed E-state index contributed by atoms with van der Waals surface area (Å²) >= 11 is 0. The summed E-state index contributed by atoms with van der Waals surface area (Å²) in [5, 5.41) is 5.84. The van der Waals surface area contributed by atoms with Crippen LogP contribution in [0.25, 0.3) is 10.8 Å². The van der Waals surface area contributed by atoms with Crippen LogP contribution >= 0.6 is 0 Å². The van der Waals surface area contributed by atoms with Crippen LogP contribution < -0.4 is 19.6 Å². The van der Waals surface area contributed by atoms with Crippen LogP contribution in [0.5, 0.6) is 17.2 Å². The molecule has 0 unspecified atom stereocenters. The van der Waals surface area contributed by atoms with Gasteiger partial charge in [-0.25, -0.2) is 10.2 Å². The van der Waals surface area contributed by atoms with Crippen molar-refractivity contribution in [1.29, 1.82) is 0 Å². The van der Waals surface area contributed by atoms with Gasteiger partial charge >= 0.3 is 5.97 Å². The molecule has 1 N–H and O–H groups in total. The van der Waals surface area contributed by atoms with Gasteiger partial charge in [0.2, 0.25) is 0 Å². The zero-order valence-corrected chi connectivity index (χ0v) is 20.3. The Morgan fingerprint density at radius 1 is 0.919 bits per heavy atom. The third-order valence-corrected chi connectivity index (χ3v) is 5.54. The van der Waals surface area contributed by atoms with Gasteiger partial charge in [-0.2, -0.15) is 5.10 Å². The Hall–Kier alpha value is -4.91. The van der Waals surface area contributed by atoms with Crippen molar-refractivity contribution in [2.24, 2.45) is 5.10 Å². The Morgan fingerprint density at radius 3 is 2.46 bits per heavy atom. The highest BCUT2D eigenvalue weighted by Crippen LogP contribution is 2.27. The van der Waals surface area contributed by atoms with Crippen LogP contribution in [0.4, 0.5) is 0 Å². The van der Waals surface area contributed by atoms with Crippen molar-refractivity contribution in [3.05, 3.63) is 114 Å². The highest BCUT2D eigenvalue weighted by atomic mass is 16.5. The molecule has 4 rings (SSSR count). The number of rotatable bonds is 10. The lowest BCUT2D eigenvalue weighted by Gasteiger charge is -2.11. The summed E-state index contributed by atoms with van der Waals surface area (Å²) in [4.78, 5) is 25.2. The monoisotopic (exact) mass is 494 g/mol. The number of hydrogen-bond donors (Lipinski definition) is 1. The van der Waals surface area contributed by atoms with Crippen LogP contribution in [0.2, 0.25) is 0 Å². The minimum Gasteiger partial charge on any atom is -0.497 e. The van der Waals surface area contributed by atoms with Crippen LogP contribution in [0, 0.1) is 0 Å². The molecule has 0 bridgehead atoms. The first-order valence-electron chi connectivity index (χ1n) is 11.6. The number of nitrogens with one attached hydrogen (secondary N) is 1. The maximum Gasteiger partial charge on any atom is 0.343 e. The first-order valence-corrected chi connectivity index (χ1v) is 11.6. The van der Waals surface area contributed by atoms with Gasteiger partial charge in [-0.15, -0.1) is 6.58 Å². The number of benzene rings is 4. The van der Waals surface area contributed by atoms with Crippen molar-refractivity contribution in [1.82, 2.24) is 5.43 Å². The van der Waals surface area contributed by atoms with E-state index < -0.39 is 11.9 Å². The van der Waals surface area contributed by atoms with E-state index in [1.807, 2.05) is 48.5 Å². The van der Waals surface area contributed by atoms with E-state index >= 15 is 0 Å². The van der Waals surface area contributed by atoms with Gasteiger partial charge in [0.25, 0.3) is 5.91 Å². The first-order chi connectivity index (χ1) is 18.1. The Kier molecular flexibility index (Phi) is 8.29. The van der Waals surface area contributed by atoms with Gasteiger partial charge in [-0.1, -0.05) is 54.6 Å². The van der Waals surface area contributed by atoms with E-state index in [1.54, 1.807) is 49.6 Å². The summed E-state index contributed by atoms with van der Waals surface area (Å²) in [6.45, 7) is 3.53. The summed E-state index contributed by atoms with van der Waals surface area (Å²) < 4.78 is 16.5. The van der Waals surface area contributed by atoms with Crippen molar-refractivity contribution < 1.29 is 23.8 Å². The number of esters is 1. The Morgan fingerprint density at radius 2 is 1.68 bits per heavy atom. The van der Waals surface area contributed by atoms with Crippen LogP contribution in [-0.2, 0) is 11.2 Å². The second-order valence-corrected chi connectivity index (χ2v) is 8.00. The summed E-state index contributed by atoms with van der Waals surface area (Å²) in [5.74, 6) is 0.610. The van der Waals surface area contributed by atoms with Crippen LogP contribution in [0.15, 0.2) is 103 Å². The predicted molar refractivity (Wildman–Crippen MR) is 143 cm³/mol. The Labute approximate surface area is 215 Å². The molecule has 0 spiro atoms. The fraction of sp³-hybridized carbons (Fsp3) is 0.100. The van der Waals surface area contributed by atoms with E-state index in [0.717, 1.165) is 16.3 Å².